The van der Waals surface area contributed by atoms with E-state index in [1.807, 2.05) is 0 Å². The van der Waals surface area contributed by atoms with Crippen LogP contribution in [0.25, 0.3) is 10.2 Å². The summed E-state index contributed by atoms with van der Waals surface area (Å²) in [6.07, 6.45) is 1.74. The van der Waals surface area contributed by atoms with Crippen molar-refractivity contribution in [2.45, 2.75) is 11.8 Å². The van der Waals surface area contributed by atoms with Gasteiger partial charge in [-0.2, -0.15) is 5.10 Å². The normalized spacial score (nSPS) is 11.8. The molecule has 1 aromatic carbocycles. The average molecular weight is 351 g/mol. The first kappa shape index (κ1) is 15.6. The number of hydrogen-bond donors (Lipinski definition) is 2. The van der Waals surface area contributed by atoms with Gasteiger partial charge in [-0.3, -0.25) is 14.8 Å². The predicted octanol–water partition coefficient (Wildman–Crippen LogP) is 1.24. The minimum Gasteiger partial charge on any atom is -0.296 e. The number of aryl methyl sites for hydroxylation is 2. The molecule has 0 aliphatic rings. The van der Waals surface area contributed by atoms with E-state index in [0.717, 1.165) is 5.56 Å². The molecule has 0 spiro atoms. The zero-order valence-corrected chi connectivity index (χ0v) is 13.9. The number of nitrogens with one attached hydrogen (secondary N) is 1. The van der Waals surface area contributed by atoms with Crippen LogP contribution in [-0.4, -0.2) is 29.1 Å². The molecule has 0 unspecified atom stereocenters. The molecule has 2 aromatic heterocycles. The van der Waals surface area contributed by atoms with Gasteiger partial charge in [0.1, 0.15) is 0 Å². The molecule has 0 bridgehead atoms. The van der Waals surface area contributed by atoms with Crippen LogP contribution < -0.4 is 10.5 Å². The van der Waals surface area contributed by atoms with Gasteiger partial charge in [0.15, 0.2) is 10.8 Å². The zero-order valence-electron chi connectivity index (χ0n) is 12.3. The molecule has 3 N–H and O–H groups in total. The molecule has 3 rings (SSSR count). The minimum atomic E-state index is -3.78. The van der Waals surface area contributed by atoms with Crippen molar-refractivity contribution in [3.8, 4) is 0 Å². The van der Waals surface area contributed by atoms with Crippen LogP contribution in [0.3, 0.4) is 0 Å². The van der Waals surface area contributed by atoms with E-state index in [2.05, 4.69) is 15.4 Å². The predicted molar refractivity (Wildman–Crippen MR) is 86.9 cm³/mol. The molecule has 3 aromatic rings. The first-order valence-corrected chi connectivity index (χ1v) is 8.85. The summed E-state index contributed by atoms with van der Waals surface area (Å²) in [7, 11) is -2.04. The van der Waals surface area contributed by atoms with Crippen molar-refractivity contribution in [1.29, 1.82) is 0 Å². The van der Waals surface area contributed by atoms with Crippen LogP contribution in [0.4, 0.5) is 5.13 Å². The Labute approximate surface area is 136 Å². The highest BCUT2D eigenvalue weighted by Gasteiger charge is 2.16. The van der Waals surface area contributed by atoms with Gasteiger partial charge in [0.2, 0.25) is 10.0 Å². The average Bonchev–Trinajstić information content (AvgIpc) is 2.98. The van der Waals surface area contributed by atoms with Crippen LogP contribution in [0.2, 0.25) is 0 Å². The van der Waals surface area contributed by atoms with Gasteiger partial charge < -0.3 is 0 Å². The number of thiazole rings is 1. The van der Waals surface area contributed by atoms with E-state index in [-0.39, 0.29) is 10.8 Å². The quantitative estimate of drug-likeness (QED) is 0.735. The van der Waals surface area contributed by atoms with E-state index in [1.165, 1.54) is 23.5 Å². The molecule has 0 atom stereocenters. The minimum absolute atomic E-state index is 0.00657. The van der Waals surface area contributed by atoms with Crippen molar-refractivity contribution >= 4 is 42.6 Å². The number of anilines is 1. The standard InChI is InChI=1S/C13H13N5O3S2/c1-7-6-18(2)17-11(7)12(19)16-13-15-9-4-3-8(23(14,20)21)5-10(9)22-13/h3-6H,1-2H3,(H2,14,20,21)(H,15,16,19). The lowest BCUT2D eigenvalue weighted by molar-refractivity contribution is 0.102. The first-order valence-electron chi connectivity index (χ1n) is 6.49. The molecule has 2 heterocycles. The van der Waals surface area contributed by atoms with Gasteiger partial charge in [0.25, 0.3) is 5.91 Å². The third-order valence-electron chi connectivity index (χ3n) is 3.14. The number of rotatable bonds is 3. The van der Waals surface area contributed by atoms with Crippen LogP contribution in [-0.2, 0) is 17.1 Å². The maximum absolute atomic E-state index is 12.2. The van der Waals surface area contributed by atoms with Gasteiger partial charge >= 0.3 is 0 Å². The van der Waals surface area contributed by atoms with E-state index < -0.39 is 10.0 Å². The monoisotopic (exact) mass is 351 g/mol. The largest absolute Gasteiger partial charge is 0.296 e. The van der Waals surface area contributed by atoms with Gasteiger partial charge in [0.05, 0.1) is 15.1 Å². The molecule has 23 heavy (non-hydrogen) atoms. The molecule has 0 aliphatic heterocycles. The number of nitrogens with zero attached hydrogens (tertiary/aromatic N) is 3. The number of amides is 1. The molecule has 0 saturated heterocycles. The fourth-order valence-corrected chi connectivity index (χ4v) is 3.64. The van der Waals surface area contributed by atoms with Gasteiger partial charge in [-0.1, -0.05) is 11.3 Å². The second-order valence-corrected chi connectivity index (χ2v) is 7.57. The zero-order chi connectivity index (χ0) is 16.8. The lowest BCUT2D eigenvalue weighted by Crippen LogP contribution is -2.13. The van der Waals surface area contributed by atoms with E-state index in [4.69, 9.17) is 5.14 Å². The Kier molecular flexibility index (Phi) is 3.66. The Balaban J connectivity index is 1.92. The first-order chi connectivity index (χ1) is 10.7. The Morgan fingerprint density at radius 3 is 2.74 bits per heavy atom. The van der Waals surface area contributed by atoms with Crippen LogP contribution in [0.5, 0.6) is 0 Å². The van der Waals surface area contributed by atoms with E-state index in [9.17, 15) is 13.2 Å². The third kappa shape index (κ3) is 3.09. The number of carbonyl (C=O) groups excluding carboxylic acids is 1. The van der Waals surface area contributed by atoms with Gasteiger partial charge in [-0.05, 0) is 25.1 Å². The Morgan fingerprint density at radius 2 is 2.13 bits per heavy atom. The smallest absolute Gasteiger partial charge is 0.278 e. The van der Waals surface area contributed by atoms with Crippen LogP contribution >= 0.6 is 11.3 Å². The molecular weight excluding hydrogens is 338 g/mol. The number of primary sulfonamides is 1. The Bertz CT molecular complexity index is 1020. The van der Waals surface area contributed by atoms with Crippen molar-refractivity contribution in [3.63, 3.8) is 0 Å². The summed E-state index contributed by atoms with van der Waals surface area (Å²) < 4.78 is 24.9. The second-order valence-electron chi connectivity index (χ2n) is 4.98. The molecule has 8 nitrogen and oxygen atoms in total. The molecule has 0 saturated carbocycles. The SMILES string of the molecule is Cc1cn(C)nc1C(=O)Nc1nc2ccc(S(N)(=O)=O)cc2s1. The Morgan fingerprint density at radius 1 is 1.39 bits per heavy atom. The highest BCUT2D eigenvalue weighted by Crippen LogP contribution is 2.28. The molecule has 1 amide bonds. The summed E-state index contributed by atoms with van der Waals surface area (Å²) in [5.74, 6) is -0.367. The maximum Gasteiger partial charge on any atom is 0.278 e. The topological polar surface area (TPSA) is 120 Å². The summed E-state index contributed by atoms with van der Waals surface area (Å²) in [6.45, 7) is 1.79. The van der Waals surface area contributed by atoms with Crippen molar-refractivity contribution in [2.24, 2.45) is 12.2 Å². The number of aromatic nitrogens is 3. The summed E-state index contributed by atoms with van der Waals surface area (Å²) in [5, 5.41) is 12.2. The fraction of sp³-hybridized carbons (Fsp3) is 0.154. The Hall–Kier alpha value is -2.30. The van der Waals surface area contributed by atoms with Crippen LogP contribution in [0, 0.1) is 6.92 Å². The molecule has 120 valence electrons. The van der Waals surface area contributed by atoms with Crippen molar-refractivity contribution in [2.75, 3.05) is 5.32 Å². The van der Waals surface area contributed by atoms with Gasteiger partial charge in [-0.15, -0.1) is 0 Å². The number of sulfonamides is 1. The van der Waals surface area contributed by atoms with Crippen molar-refractivity contribution < 1.29 is 13.2 Å². The van der Waals surface area contributed by atoms with Crippen LogP contribution in [0.15, 0.2) is 29.3 Å². The summed E-state index contributed by atoms with van der Waals surface area (Å²) in [4.78, 5) is 16.5. The second kappa shape index (κ2) is 5.41. The number of benzene rings is 1. The van der Waals surface area contributed by atoms with Crippen molar-refractivity contribution in [3.05, 3.63) is 35.7 Å². The molecule has 0 aliphatic carbocycles. The van der Waals surface area contributed by atoms with E-state index in [1.54, 1.807) is 30.9 Å². The van der Waals surface area contributed by atoms with Crippen LogP contribution in [0.1, 0.15) is 16.1 Å². The lowest BCUT2D eigenvalue weighted by Gasteiger charge is -1.98. The van der Waals surface area contributed by atoms with E-state index >= 15 is 0 Å². The molecule has 10 heteroatoms. The fourth-order valence-electron chi connectivity index (χ4n) is 2.12. The summed E-state index contributed by atoms with van der Waals surface area (Å²) in [6, 6.07) is 4.36. The molecule has 0 fully saturated rings. The maximum atomic E-state index is 12.2. The number of hydrogen-bond acceptors (Lipinski definition) is 6. The highest BCUT2D eigenvalue weighted by atomic mass is 32.2. The van der Waals surface area contributed by atoms with Gasteiger partial charge in [0, 0.05) is 18.8 Å². The molecule has 0 radical (unpaired) electrons. The lowest BCUT2D eigenvalue weighted by atomic mass is 10.3. The van der Waals surface area contributed by atoms with Gasteiger partial charge in [-0.25, -0.2) is 18.5 Å². The van der Waals surface area contributed by atoms with Crippen molar-refractivity contribution in [1.82, 2.24) is 14.8 Å². The van der Waals surface area contributed by atoms with E-state index in [0.29, 0.717) is 21.0 Å². The molecular formula is C13H13N5O3S2. The number of fused-ring (bicyclic) bond motifs is 1. The highest BCUT2D eigenvalue weighted by molar-refractivity contribution is 7.89. The third-order valence-corrected chi connectivity index (χ3v) is 4.98. The summed E-state index contributed by atoms with van der Waals surface area (Å²) in [5.41, 5.74) is 1.65. The summed E-state index contributed by atoms with van der Waals surface area (Å²) >= 11 is 1.17. The number of nitrogens with two attached hydrogens (primary N) is 1. The number of carbonyl (C=O) groups is 1.